The van der Waals surface area contributed by atoms with Crippen LogP contribution in [-0.2, 0) is 0 Å². The third-order valence-corrected chi connectivity index (χ3v) is 2.56. The minimum absolute atomic E-state index is 0.231. The SMILES string of the molecule is CCNc1nc(NCC)nc(Oc2ccc(Cl)cc2)n1. The van der Waals surface area contributed by atoms with Gasteiger partial charge in [0.25, 0.3) is 0 Å². The Labute approximate surface area is 122 Å². The van der Waals surface area contributed by atoms with Crippen LogP contribution in [0, 0.1) is 0 Å². The lowest BCUT2D eigenvalue weighted by Crippen LogP contribution is -2.09. The van der Waals surface area contributed by atoms with Gasteiger partial charge in [-0.1, -0.05) is 11.6 Å². The van der Waals surface area contributed by atoms with E-state index in [4.69, 9.17) is 16.3 Å². The van der Waals surface area contributed by atoms with Crippen LogP contribution in [0.2, 0.25) is 5.02 Å². The van der Waals surface area contributed by atoms with E-state index < -0.39 is 0 Å². The van der Waals surface area contributed by atoms with E-state index in [0.29, 0.717) is 22.7 Å². The summed E-state index contributed by atoms with van der Waals surface area (Å²) in [5, 5.41) is 6.72. The molecule has 0 radical (unpaired) electrons. The highest BCUT2D eigenvalue weighted by molar-refractivity contribution is 6.30. The maximum absolute atomic E-state index is 5.83. The molecule has 0 amide bonds. The maximum atomic E-state index is 5.83. The van der Waals surface area contributed by atoms with E-state index in [1.165, 1.54) is 0 Å². The van der Waals surface area contributed by atoms with Crippen LogP contribution in [0.5, 0.6) is 11.8 Å². The molecule has 20 heavy (non-hydrogen) atoms. The minimum Gasteiger partial charge on any atom is -0.424 e. The topological polar surface area (TPSA) is 72.0 Å². The molecule has 0 atom stereocenters. The van der Waals surface area contributed by atoms with Crippen LogP contribution >= 0.6 is 11.6 Å². The molecule has 0 saturated carbocycles. The molecule has 0 aliphatic carbocycles. The van der Waals surface area contributed by atoms with E-state index in [0.717, 1.165) is 13.1 Å². The van der Waals surface area contributed by atoms with Gasteiger partial charge in [-0.25, -0.2) is 0 Å². The van der Waals surface area contributed by atoms with Gasteiger partial charge in [0.1, 0.15) is 5.75 Å². The second-order valence-corrected chi connectivity index (χ2v) is 4.32. The number of ether oxygens (including phenoxy) is 1. The fourth-order valence-electron chi connectivity index (χ4n) is 1.48. The lowest BCUT2D eigenvalue weighted by Gasteiger charge is -2.09. The summed E-state index contributed by atoms with van der Waals surface area (Å²) in [5.41, 5.74) is 0. The summed E-state index contributed by atoms with van der Waals surface area (Å²) in [7, 11) is 0. The smallest absolute Gasteiger partial charge is 0.328 e. The molecular weight excluding hydrogens is 278 g/mol. The molecule has 0 saturated heterocycles. The number of hydrogen-bond donors (Lipinski definition) is 2. The standard InChI is InChI=1S/C13H16ClN5O/c1-3-15-11-17-12(16-4-2)19-13(18-11)20-10-7-5-9(14)6-8-10/h5-8H,3-4H2,1-2H3,(H2,15,16,17,18,19). The molecule has 7 heteroatoms. The van der Waals surface area contributed by atoms with Crippen molar-refractivity contribution in [1.29, 1.82) is 0 Å². The van der Waals surface area contributed by atoms with Gasteiger partial charge in [0.05, 0.1) is 0 Å². The summed E-state index contributed by atoms with van der Waals surface area (Å²) in [5.74, 6) is 1.57. The third kappa shape index (κ3) is 3.96. The molecule has 2 N–H and O–H groups in total. The number of nitrogens with zero attached hydrogens (tertiary/aromatic N) is 3. The van der Waals surface area contributed by atoms with Crippen molar-refractivity contribution in [3.63, 3.8) is 0 Å². The van der Waals surface area contributed by atoms with Gasteiger partial charge in [-0.05, 0) is 38.1 Å². The molecule has 0 bridgehead atoms. The number of aromatic nitrogens is 3. The first kappa shape index (κ1) is 14.3. The molecule has 0 aliphatic rings. The van der Waals surface area contributed by atoms with E-state index in [9.17, 15) is 0 Å². The molecule has 1 heterocycles. The average Bonchev–Trinajstić information content (AvgIpc) is 2.42. The number of benzene rings is 1. The van der Waals surface area contributed by atoms with Crippen molar-refractivity contribution in [2.45, 2.75) is 13.8 Å². The largest absolute Gasteiger partial charge is 0.424 e. The molecular formula is C13H16ClN5O. The highest BCUT2D eigenvalue weighted by Crippen LogP contribution is 2.21. The van der Waals surface area contributed by atoms with Gasteiger partial charge in [0.15, 0.2) is 0 Å². The molecule has 0 unspecified atom stereocenters. The van der Waals surface area contributed by atoms with E-state index >= 15 is 0 Å². The van der Waals surface area contributed by atoms with Crippen molar-refractivity contribution < 1.29 is 4.74 Å². The van der Waals surface area contributed by atoms with Crippen LogP contribution in [0.3, 0.4) is 0 Å². The molecule has 1 aromatic heterocycles. The van der Waals surface area contributed by atoms with Gasteiger partial charge in [-0.2, -0.15) is 15.0 Å². The minimum atomic E-state index is 0.231. The zero-order valence-electron chi connectivity index (χ0n) is 11.4. The van der Waals surface area contributed by atoms with Gasteiger partial charge >= 0.3 is 6.01 Å². The Morgan fingerprint density at radius 1 is 0.950 bits per heavy atom. The van der Waals surface area contributed by atoms with Gasteiger partial charge in [-0.15, -0.1) is 0 Å². The van der Waals surface area contributed by atoms with Crippen molar-refractivity contribution in [3.05, 3.63) is 29.3 Å². The van der Waals surface area contributed by atoms with Crippen molar-refractivity contribution in [1.82, 2.24) is 15.0 Å². The van der Waals surface area contributed by atoms with Crippen LogP contribution in [0.1, 0.15) is 13.8 Å². The average molecular weight is 294 g/mol. The first-order valence-electron chi connectivity index (χ1n) is 6.38. The van der Waals surface area contributed by atoms with Gasteiger partial charge in [0.2, 0.25) is 11.9 Å². The van der Waals surface area contributed by atoms with E-state index in [-0.39, 0.29) is 6.01 Å². The van der Waals surface area contributed by atoms with Crippen LogP contribution in [-0.4, -0.2) is 28.0 Å². The quantitative estimate of drug-likeness (QED) is 0.852. The molecule has 6 nitrogen and oxygen atoms in total. The number of halogens is 1. The van der Waals surface area contributed by atoms with Crippen LogP contribution < -0.4 is 15.4 Å². The van der Waals surface area contributed by atoms with Crippen LogP contribution in [0.15, 0.2) is 24.3 Å². The summed E-state index contributed by atoms with van der Waals surface area (Å²) < 4.78 is 5.61. The summed E-state index contributed by atoms with van der Waals surface area (Å²) in [6.07, 6.45) is 0. The molecule has 2 aromatic rings. The van der Waals surface area contributed by atoms with E-state index in [1.54, 1.807) is 24.3 Å². The normalized spacial score (nSPS) is 10.2. The van der Waals surface area contributed by atoms with Gasteiger partial charge < -0.3 is 15.4 Å². The number of hydrogen-bond acceptors (Lipinski definition) is 6. The Morgan fingerprint density at radius 3 is 2.00 bits per heavy atom. The van der Waals surface area contributed by atoms with Crippen molar-refractivity contribution in [2.75, 3.05) is 23.7 Å². The molecule has 2 rings (SSSR count). The highest BCUT2D eigenvalue weighted by atomic mass is 35.5. The van der Waals surface area contributed by atoms with Crippen molar-refractivity contribution in [2.24, 2.45) is 0 Å². The number of rotatable bonds is 6. The van der Waals surface area contributed by atoms with E-state index in [2.05, 4.69) is 25.6 Å². The Bertz CT molecular complexity index is 537. The summed E-state index contributed by atoms with van der Waals surface area (Å²) >= 11 is 5.83. The molecule has 0 aliphatic heterocycles. The highest BCUT2D eigenvalue weighted by Gasteiger charge is 2.07. The monoisotopic (exact) mass is 293 g/mol. The van der Waals surface area contributed by atoms with Crippen LogP contribution in [0.25, 0.3) is 0 Å². The fourth-order valence-corrected chi connectivity index (χ4v) is 1.61. The summed E-state index contributed by atoms with van der Waals surface area (Å²) in [6, 6.07) is 7.23. The summed E-state index contributed by atoms with van der Waals surface area (Å²) in [6.45, 7) is 5.37. The lowest BCUT2D eigenvalue weighted by molar-refractivity contribution is 0.441. The van der Waals surface area contributed by atoms with Crippen molar-refractivity contribution in [3.8, 4) is 11.8 Å². The molecule has 106 valence electrons. The number of anilines is 2. The summed E-state index contributed by atoms with van der Waals surface area (Å²) in [4.78, 5) is 12.6. The van der Waals surface area contributed by atoms with Gasteiger partial charge in [0, 0.05) is 18.1 Å². The predicted octanol–water partition coefficient (Wildman–Crippen LogP) is 3.18. The lowest BCUT2D eigenvalue weighted by atomic mass is 10.3. The van der Waals surface area contributed by atoms with Crippen molar-refractivity contribution >= 4 is 23.5 Å². The predicted molar refractivity (Wildman–Crippen MR) is 79.7 cm³/mol. The Morgan fingerprint density at radius 2 is 1.50 bits per heavy atom. The van der Waals surface area contributed by atoms with Crippen LogP contribution in [0.4, 0.5) is 11.9 Å². The first-order valence-corrected chi connectivity index (χ1v) is 6.76. The van der Waals surface area contributed by atoms with E-state index in [1.807, 2.05) is 13.8 Å². The maximum Gasteiger partial charge on any atom is 0.328 e. The molecule has 0 spiro atoms. The third-order valence-electron chi connectivity index (χ3n) is 2.31. The zero-order valence-corrected chi connectivity index (χ0v) is 12.1. The second-order valence-electron chi connectivity index (χ2n) is 3.88. The Balaban J connectivity index is 2.22. The Kier molecular flexibility index (Phi) is 4.95. The second kappa shape index (κ2) is 6.91. The Hall–Kier alpha value is -2.08. The number of nitrogens with one attached hydrogen (secondary N) is 2. The molecule has 1 aromatic carbocycles. The first-order chi connectivity index (χ1) is 9.71. The molecule has 0 fully saturated rings. The fraction of sp³-hybridized carbons (Fsp3) is 0.308. The van der Waals surface area contributed by atoms with Gasteiger partial charge in [-0.3, -0.25) is 0 Å². The zero-order chi connectivity index (χ0) is 14.4.